The molecule has 6 nitrogen and oxygen atoms in total. The smallest absolute Gasteiger partial charge is 0.344 e. The maximum Gasteiger partial charge on any atom is 0.344 e. The number of nitrogens with one attached hydrogen (secondary N) is 1. The standard InChI is InChI=1S/C11H9Br2N3O3/c1-19-10-6(2-7(12)3-8(10)13)4-14-16-5-9(17)15-11(16)18/h2-4H,5H2,1H3,(H,15,17,18)/b14-4-. The Morgan fingerprint density at radius 2 is 2.16 bits per heavy atom. The summed E-state index contributed by atoms with van der Waals surface area (Å²) in [6.45, 7) is -0.0766. The molecule has 0 unspecified atom stereocenters. The van der Waals surface area contributed by atoms with Crippen molar-refractivity contribution in [3.05, 3.63) is 26.6 Å². The van der Waals surface area contributed by atoms with Gasteiger partial charge in [0.25, 0.3) is 0 Å². The Hall–Kier alpha value is -1.41. The molecule has 0 bridgehead atoms. The molecule has 1 fully saturated rings. The quantitative estimate of drug-likeness (QED) is 0.634. The number of benzene rings is 1. The van der Waals surface area contributed by atoms with E-state index in [1.807, 2.05) is 6.07 Å². The number of hydrogen-bond acceptors (Lipinski definition) is 4. The highest BCUT2D eigenvalue weighted by molar-refractivity contribution is 9.11. The number of nitrogens with zero attached hydrogens (tertiary/aromatic N) is 2. The fraction of sp³-hybridized carbons (Fsp3) is 0.182. The van der Waals surface area contributed by atoms with Gasteiger partial charge in [-0.05, 0) is 28.1 Å². The van der Waals surface area contributed by atoms with Gasteiger partial charge in [0, 0.05) is 10.0 Å². The molecule has 0 aliphatic carbocycles. The van der Waals surface area contributed by atoms with E-state index in [1.54, 1.807) is 6.07 Å². The molecule has 3 amide bonds. The van der Waals surface area contributed by atoms with E-state index in [0.717, 1.165) is 14.0 Å². The number of rotatable bonds is 3. The highest BCUT2D eigenvalue weighted by Gasteiger charge is 2.26. The summed E-state index contributed by atoms with van der Waals surface area (Å²) in [7, 11) is 1.54. The van der Waals surface area contributed by atoms with E-state index in [4.69, 9.17) is 4.74 Å². The van der Waals surface area contributed by atoms with Gasteiger partial charge in [-0.2, -0.15) is 5.10 Å². The van der Waals surface area contributed by atoms with Gasteiger partial charge in [-0.1, -0.05) is 15.9 Å². The van der Waals surface area contributed by atoms with Crippen LogP contribution in [0.25, 0.3) is 0 Å². The number of amides is 3. The summed E-state index contributed by atoms with van der Waals surface area (Å²) in [5, 5.41) is 7.16. The van der Waals surface area contributed by atoms with Crippen molar-refractivity contribution in [2.45, 2.75) is 0 Å². The molecule has 1 N–H and O–H groups in total. The largest absolute Gasteiger partial charge is 0.495 e. The van der Waals surface area contributed by atoms with Crippen LogP contribution < -0.4 is 10.1 Å². The second-order valence-electron chi connectivity index (χ2n) is 3.67. The molecule has 8 heteroatoms. The van der Waals surface area contributed by atoms with Crippen LogP contribution in [0.3, 0.4) is 0 Å². The number of hydrogen-bond donors (Lipinski definition) is 1. The lowest BCUT2D eigenvalue weighted by Crippen LogP contribution is -2.24. The minimum atomic E-state index is -0.533. The topological polar surface area (TPSA) is 71.0 Å². The van der Waals surface area contributed by atoms with Crippen LogP contribution in [0.4, 0.5) is 4.79 Å². The first-order valence-corrected chi connectivity index (χ1v) is 6.78. The van der Waals surface area contributed by atoms with Gasteiger partial charge < -0.3 is 4.74 Å². The predicted octanol–water partition coefficient (Wildman–Crippen LogP) is 2.11. The Morgan fingerprint density at radius 1 is 1.42 bits per heavy atom. The first-order chi connectivity index (χ1) is 9.01. The zero-order chi connectivity index (χ0) is 14.0. The summed E-state index contributed by atoms with van der Waals surface area (Å²) in [5.74, 6) is 0.224. The molecule has 0 saturated carbocycles. The summed E-state index contributed by atoms with van der Waals surface area (Å²) in [6, 6.07) is 3.10. The van der Waals surface area contributed by atoms with E-state index < -0.39 is 6.03 Å². The van der Waals surface area contributed by atoms with Gasteiger partial charge in [0.15, 0.2) is 0 Å². The van der Waals surface area contributed by atoms with Crippen molar-refractivity contribution < 1.29 is 14.3 Å². The summed E-state index contributed by atoms with van der Waals surface area (Å²) in [5.41, 5.74) is 0.677. The fourth-order valence-corrected chi connectivity index (χ4v) is 2.97. The number of carbonyl (C=O) groups excluding carboxylic acids is 2. The molecule has 0 spiro atoms. The molecule has 1 heterocycles. The van der Waals surface area contributed by atoms with E-state index in [2.05, 4.69) is 42.3 Å². The zero-order valence-electron chi connectivity index (χ0n) is 9.81. The van der Waals surface area contributed by atoms with Crippen molar-refractivity contribution in [3.63, 3.8) is 0 Å². The number of urea groups is 1. The van der Waals surface area contributed by atoms with Gasteiger partial charge in [-0.25, -0.2) is 9.80 Å². The van der Waals surface area contributed by atoms with Crippen LogP contribution in [0.2, 0.25) is 0 Å². The highest BCUT2D eigenvalue weighted by Crippen LogP contribution is 2.31. The number of ether oxygens (including phenoxy) is 1. The summed E-state index contributed by atoms with van der Waals surface area (Å²) < 4.78 is 6.84. The van der Waals surface area contributed by atoms with Gasteiger partial charge in [0.1, 0.15) is 12.3 Å². The minimum absolute atomic E-state index is 0.0766. The third-order valence-electron chi connectivity index (χ3n) is 2.35. The van der Waals surface area contributed by atoms with Crippen LogP contribution in [0, 0.1) is 0 Å². The highest BCUT2D eigenvalue weighted by atomic mass is 79.9. The minimum Gasteiger partial charge on any atom is -0.495 e. The average Bonchev–Trinajstić information content (AvgIpc) is 2.64. The lowest BCUT2D eigenvalue weighted by atomic mass is 10.2. The van der Waals surface area contributed by atoms with Crippen molar-refractivity contribution >= 4 is 50.0 Å². The van der Waals surface area contributed by atoms with Crippen LogP contribution >= 0.6 is 31.9 Å². The Labute approximate surface area is 126 Å². The first kappa shape index (κ1) is 14.0. The molecule has 0 aromatic heterocycles. The number of carbonyl (C=O) groups is 2. The number of hydrazone groups is 1. The first-order valence-electron chi connectivity index (χ1n) is 5.19. The fourth-order valence-electron chi connectivity index (χ4n) is 1.55. The van der Waals surface area contributed by atoms with Crippen molar-refractivity contribution in [1.29, 1.82) is 0 Å². The van der Waals surface area contributed by atoms with Gasteiger partial charge in [0.05, 0.1) is 17.8 Å². The van der Waals surface area contributed by atoms with Gasteiger partial charge in [-0.3, -0.25) is 10.1 Å². The predicted molar refractivity (Wildman–Crippen MR) is 76.2 cm³/mol. The third kappa shape index (κ3) is 3.13. The van der Waals surface area contributed by atoms with E-state index in [9.17, 15) is 9.59 Å². The molecule has 1 aromatic carbocycles. The van der Waals surface area contributed by atoms with Gasteiger partial charge >= 0.3 is 6.03 Å². The van der Waals surface area contributed by atoms with Crippen LogP contribution in [0.1, 0.15) is 5.56 Å². The third-order valence-corrected chi connectivity index (χ3v) is 3.40. The molecule has 0 atom stereocenters. The van der Waals surface area contributed by atoms with Crippen LogP contribution in [-0.4, -0.2) is 36.8 Å². The lowest BCUT2D eigenvalue weighted by Gasteiger charge is -2.09. The van der Waals surface area contributed by atoms with Crippen LogP contribution in [-0.2, 0) is 4.79 Å². The summed E-state index contributed by atoms with van der Waals surface area (Å²) in [6.07, 6.45) is 1.46. The van der Waals surface area contributed by atoms with Crippen molar-refractivity contribution in [3.8, 4) is 5.75 Å². The molecule has 1 saturated heterocycles. The summed E-state index contributed by atoms with van der Waals surface area (Å²) in [4.78, 5) is 22.3. The number of halogens is 2. The van der Waals surface area contributed by atoms with Crippen molar-refractivity contribution in [2.24, 2.45) is 5.10 Å². The molecule has 1 aromatic rings. The molecular weight excluding hydrogens is 382 g/mol. The maximum atomic E-state index is 11.3. The lowest BCUT2D eigenvalue weighted by molar-refractivity contribution is -0.118. The van der Waals surface area contributed by atoms with E-state index in [-0.39, 0.29) is 12.5 Å². The molecule has 0 radical (unpaired) electrons. The zero-order valence-corrected chi connectivity index (χ0v) is 13.0. The molecule has 100 valence electrons. The Balaban J connectivity index is 2.28. The van der Waals surface area contributed by atoms with E-state index in [1.165, 1.54) is 13.3 Å². The van der Waals surface area contributed by atoms with E-state index >= 15 is 0 Å². The molecule has 1 aliphatic rings. The van der Waals surface area contributed by atoms with Crippen molar-refractivity contribution in [2.75, 3.05) is 13.7 Å². The second kappa shape index (κ2) is 5.70. The van der Waals surface area contributed by atoms with Gasteiger partial charge in [-0.15, -0.1) is 0 Å². The Kier molecular flexibility index (Phi) is 4.20. The molecular formula is C11H9Br2N3O3. The molecule has 19 heavy (non-hydrogen) atoms. The Bertz CT molecular complexity index is 575. The monoisotopic (exact) mass is 389 g/mol. The van der Waals surface area contributed by atoms with Crippen LogP contribution in [0.15, 0.2) is 26.2 Å². The average molecular weight is 391 g/mol. The number of imide groups is 1. The SMILES string of the molecule is COc1c(Br)cc(Br)cc1/C=N\N1CC(=O)NC1=O. The van der Waals surface area contributed by atoms with Crippen LogP contribution in [0.5, 0.6) is 5.75 Å². The van der Waals surface area contributed by atoms with Crippen molar-refractivity contribution in [1.82, 2.24) is 10.3 Å². The van der Waals surface area contributed by atoms with Gasteiger partial charge in [0.2, 0.25) is 5.91 Å². The second-order valence-corrected chi connectivity index (χ2v) is 5.44. The van der Waals surface area contributed by atoms with E-state index in [0.29, 0.717) is 11.3 Å². The molecule has 1 aliphatic heterocycles. The number of methoxy groups -OCH3 is 1. The Morgan fingerprint density at radius 3 is 2.74 bits per heavy atom. The summed E-state index contributed by atoms with van der Waals surface area (Å²) >= 11 is 6.73. The normalized spacial score (nSPS) is 15.2. The molecule has 2 rings (SSSR count). The maximum absolute atomic E-state index is 11.3.